The second-order valence-corrected chi connectivity index (χ2v) is 3.63. The van der Waals surface area contributed by atoms with Crippen LogP contribution in [0.2, 0.25) is 0 Å². The largest absolute Gasteiger partial charge is 0.573 e. The summed E-state index contributed by atoms with van der Waals surface area (Å²) in [6.07, 6.45) is -14.2. The summed E-state index contributed by atoms with van der Waals surface area (Å²) in [5.74, 6) is -2.41. The third-order valence-corrected chi connectivity index (χ3v) is 2.22. The number of aromatic nitrogens is 1. The molecule has 0 radical (unpaired) electrons. The summed E-state index contributed by atoms with van der Waals surface area (Å²) < 4.78 is 102. The highest BCUT2D eigenvalue weighted by molar-refractivity contribution is 6.17. The third kappa shape index (κ3) is 4.09. The average molecular weight is 330 g/mol. The van der Waals surface area contributed by atoms with Gasteiger partial charge in [0.1, 0.15) is 11.4 Å². The number of rotatable bonds is 3. The van der Waals surface area contributed by atoms with E-state index in [2.05, 4.69) is 9.72 Å². The highest BCUT2D eigenvalue weighted by Gasteiger charge is 2.39. The zero-order chi connectivity index (χ0) is 15.7. The van der Waals surface area contributed by atoms with E-state index in [1.54, 1.807) is 0 Å². The topological polar surface area (TPSA) is 22.1 Å². The van der Waals surface area contributed by atoms with Gasteiger partial charge in [0.25, 0.3) is 6.43 Å². The van der Waals surface area contributed by atoms with Gasteiger partial charge < -0.3 is 4.74 Å². The maximum absolute atomic E-state index is 12.6. The molecule has 114 valence electrons. The summed E-state index contributed by atoms with van der Waals surface area (Å²) in [4.78, 5) is 2.48. The van der Waals surface area contributed by atoms with E-state index in [0.717, 1.165) is 0 Å². The van der Waals surface area contributed by atoms with Crippen LogP contribution < -0.4 is 4.74 Å². The second-order valence-electron chi connectivity index (χ2n) is 3.36. The highest BCUT2D eigenvalue weighted by Crippen LogP contribution is 2.39. The van der Waals surface area contributed by atoms with Gasteiger partial charge in [-0.25, -0.2) is 13.8 Å². The number of alkyl halides is 9. The monoisotopic (exact) mass is 329 g/mol. The quantitative estimate of drug-likeness (QED) is 0.593. The third-order valence-electron chi connectivity index (χ3n) is 1.94. The Kier molecular flexibility index (Phi) is 4.67. The SMILES string of the molecule is FC(F)c1nc(C(F)(F)F)cc(CCl)c1OC(F)(F)F. The first kappa shape index (κ1) is 16.7. The van der Waals surface area contributed by atoms with Crippen LogP contribution in [-0.2, 0) is 12.1 Å². The van der Waals surface area contributed by atoms with Gasteiger partial charge in [0.2, 0.25) is 0 Å². The maximum atomic E-state index is 12.6. The molecule has 0 amide bonds. The normalized spacial score (nSPS) is 12.9. The molecule has 0 aliphatic carbocycles. The number of pyridine rings is 1. The van der Waals surface area contributed by atoms with Crippen LogP contribution in [0.25, 0.3) is 0 Å². The lowest BCUT2D eigenvalue weighted by atomic mass is 10.1. The van der Waals surface area contributed by atoms with Gasteiger partial charge in [-0.3, -0.25) is 0 Å². The summed E-state index contributed by atoms with van der Waals surface area (Å²) in [6, 6.07) is 0.125. The number of halogens is 9. The van der Waals surface area contributed by atoms with Crippen molar-refractivity contribution in [3.8, 4) is 5.75 Å². The fraction of sp³-hybridized carbons (Fsp3) is 0.444. The minimum atomic E-state index is -5.37. The molecule has 0 spiro atoms. The predicted molar refractivity (Wildman–Crippen MR) is 50.4 cm³/mol. The molecule has 11 heteroatoms. The Morgan fingerprint density at radius 1 is 1.15 bits per heavy atom. The van der Waals surface area contributed by atoms with Crippen LogP contribution in [0.4, 0.5) is 35.1 Å². The molecule has 0 fully saturated rings. The molecule has 0 atom stereocenters. The molecular weight excluding hydrogens is 326 g/mol. The van der Waals surface area contributed by atoms with E-state index < -0.39 is 47.5 Å². The van der Waals surface area contributed by atoms with Crippen LogP contribution in [0.15, 0.2) is 6.07 Å². The summed E-state index contributed by atoms with van der Waals surface area (Å²) in [5.41, 5.74) is -4.44. The van der Waals surface area contributed by atoms with Crippen molar-refractivity contribution in [3.05, 3.63) is 23.0 Å². The Morgan fingerprint density at radius 3 is 2.05 bits per heavy atom. The molecule has 1 rings (SSSR count). The molecule has 1 aromatic rings. The van der Waals surface area contributed by atoms with Crippen LogP contribution in [0.3, 0.4) is 0 Å². The van der Waals surface area contributed by atoms with Crippen molar-refractivity contribution in [2.75, 3.05) is 0 Å². The first-order valence-electron chi connectivity index (χ1n) is 4.66. The molecule has 0 unspecified atom stereocenters. The van der Waals surface area contributed by atoms with E-state index in [1.807, 2.05) is 0 Å². The molecule has 20 heavy (non-hydrogen) atoms. The molecule has 0 bridgehead atoms. The van der Waals surface area contributed by atoms with E-state index in [0.29, 0.717) is 0 Å². The molecule has 0 saturated carbocycles. The standard InChI is InChI=1S/C9H4ClF8NO/c10-2-3-1-4(8(13,14)15)19-5(7(11)12)6(3)20-9(16,17)18/h1,7H,2H2. The van der Waals surface area contributed by atoms with Gasteiger partial charge >= 0.3 is 12.5 Å². The minimum absolute atomic E-state index is 0.125. The smallest absolute Gasteiger partial charge is 0.403 e. The Morgan fingerprint density at radius 2 is 1.70 bits per heavy atom. The van der Waals surface area contributed by atoms with Crippen molar-refractivity contribution in [1.82, 2.24) is 4.98 Å². The van der Waals surface area contributed by atoms with Crippen molar-refractivity contribution in [2.24, 2.45) is 0 Å². The predicted octanol–water partition coefficient (Wildman–Crippen LogP) is 4.68. The number of ether oxygens (including phenoxy) is 1. The lowest BCUT2D eigenvalue weighted by molar-refractivity contribution is -0.275. The van der Waals surface area contributed by atoms with Crippen LogP contribution in [0.1, 0.15) is 23.4 Å². The van der Waals surface area contributed by atoms with Gasteiger partial charge in [-0.2, -0.15) is 13.2 Å². The minimum Gasteiger partial charge on any atom is -0.403 e. The van der Waals surface area contributed by atoms with Crippen molar-refractivity contribution >= 4 is 11.6 Å². The Labute approximate surface area is 111 Å². The lowest BCUT2D eigenvalue weighted by Crippen LogP contribution is -2.21. The summed E-state index contributed by atoms with van der Waals surface area (Å²) in [5, 5.41) is 0. The Hall–Kier alpha value is -1.32. The van der Waals surface area contributed by atoms with E-state index in [4.69, 9.17) is 11.6 Å². The molecule has 1 heterocycles. The van der Waals surface area contributed by atoms with Crippen molar-refractivity contribution in [3.63, 3.8) is 0 Å². The summed E-state index contributed by atoms with van der Waals surface area (Å²) in [6.45, 7) is 0. The van der Waals surface area contributed by atoms with Crippen LogP contribution in [0.5, 0.6) is 5.75 Å². The summed E-state index contributed by atoms with van der Waals surface area (Å²) >= 11 is 5.17. The van der Waals surface area contributed by atoms with Crippen molar-refractivity contribution < 1.29 is 39.9 Å². The molecule has 0 saturated heterocycles. The van der Waals surface area contributed by atoms with Crippen LogP contribution in [-0.4, -0.2) is 11.3 Å². The second kappa shape index (κ2) is 5.58. The van der Waals surface area contributed by atoms with Crippen LogP contribution in [0, 0.1) is 0 Å². The Balaban J connectivity index is 3.49. The van der Waals surface area contributed by atoms with Crippen LogP contribution >= 0.6 is 11.6 Å². The van der Waals surface area contributed by atoms with Crippen molar-refractivity contribution in [2.45, 2.75) is 24.8 Å². The zero-order valence-corrected chi connectivity index (χ0v) is 9.87. The van der Waals surface area contributed by atoms with Gasteiger partial charge in [0.05, 0.1) is 5.88 Å². The van der Waals surface area contributed by atoms with E-state index in [1.165, 1.54) is 0 Å². The molecular formula is C9H4ClF8NO. The molecule has 2 nitrogen and oxygen atoms in total. The molecule has 1 aromatic heterocycles. The van der Waals surface area contributed by atoms with Gasteiger partial charge in [-0.15, -0.1) is 24.8 Å². The molecule has 0 aliphatic heterocycles. The zero-order valence-electron chi connectivity index (χ0n) is 9.12. The van der Waals surface area contributed by atoms with Gasteiger partial charge in [-0.05, 0) is 6.07 Å². The van der Waals surface area contributed by atoms with Gasteiger partial charge in [0.15, 0.2) is 5.75 Å². The molecule has 0 aliphatic rings. The van der Waals surface area contributed by atoms with Gasteiger partial charge in [-0.1, -0.05) is 0 Å². The number of hydrogen-bond acceptors (Lipinski definition) is 2. The fourth-order valence-corrected chi connectivity index (χ4v) is 1.43. The number of nitrogens with zero attached hydrogens (tertiary/aromatic N) is 1. The number of hydrogen-bond donors (Lipinski definition) is 0. The van der Waals surface area contributed by atoms with Crippen molar-refractivity contribution in [1.29, 1.82) is 0 Å². The maximum Gasteiger partial charge on any atom is 0.573 e. The highest BCUT2D eigenvalue weighted by atomic mass is 35.5. The Bertz CT molecular complexity index is 484. The molecule has 0 aromatic carbocycles. The van der Waals surface area contributed by atoms with E-state index in [9.17, 15) is 35.1 Å². The average Bonchev–Trinajstić information content (AvgIpc) is 2.25. The fourth-order valence-electron chi connectivity index (χ4n) is 1.23. The lowest BCUT2D eigenvalue weighted by Gasteiger charge is -2.17. The van der Waals surface area contributed by atoms with E-state index in [-0.39, 0.29) is 6.07 Å². The van der Waals surface area contributed by atoms with E-state index >= 15 is 0 Å². The first-order valence-corrected chi connectivity index (χ1v) is 5.20. The van der Waals surface area contributed by atoms with Gasteiger partial charge in [0, 0.05) is 5.56 Å². The summed E-state index contributed by atoms with van der Waals surface area (Å²) in [7, 11) is 0. The first-order chi connectivity index (χ1) is 8.95. The molecule has 0 N–H and O–H groups in total.